The van der Waals surface area contributed by atoms with Crippen LogP contribution in [0.3, 0.4) is 0 Å². The Balaban J connectivity index is 1.67. The fourth-order valence-corrected chi connectivity index (χ4v) is 1.74. The summed E-state index contributed by atoms with van der Waals surface area (Å²) in [6, 6.07) is 10.1. The normalized spacial score (nSPS) is 9.91. The molecule has 22 heavy (non-hydrogen) atoms. The first kappa shape index (κ1) is 15.9. The number of amides is 2. The van der Waals surface area contributed by atoms with Gasteiger partial charge in [-0.1, -0.05) is 11.6 Å². The van der Waals surface area contributed by atoms with Gasteiger partial charge in [0.1, 0.15) is 12.4 Å². The molecule has 0 aliphatic carbocycles. The molecule has 0 aliphatic heterocycles. The molecule has 1 aromatic heterocycles. The first-order chi connectivity index (χ1) is 10.7. The minimum Gasteiger partial charge on any atom is -0.492 e. The van der Waals surface area contributed by atoms with E-state index >= 15 is 0 Å². The Labute approximate surface area is 133 Å². The van der Waals surface area contributed by atoms with Crippen molar-refractivity contribution in [3.63, 3.8) is 0 Å². The van der Waals surface area contributed by atoms with Gasteiger partial charge in [0.2, 0.25) is 5.88 Å². The second-order valence-corrected chi connectivity index (χ2v) is 4.71. The number of urea groups is 1. The molecule has 1 heterocycles. The molecule has 0 atom stereocenters. The molecule has 2 rings (SSSR count). The highest BCUT2D eigenvalue weighted by Crippen LogP contribution is 2.15. The number of hydrogen-bond acceptors (Lipinski definition) is 4. The quantitative estimate of drug-likeness (QED) is 0.802. The number of nitrogens with zero attached hydrogens (tertiary/aromatic N) is 1. The van der Waals surface area contributed by atoms with Crippen LogP contribution in [0.25, 0.3) is 0 Å². The number of nitrogens with one attached hydrogen (secondary N) is 2. The fraction of sp³-hybridized carbons (Fsp3) is 0.200. The van der Waals surface area contributed by atoms with Crippen molar-refractivity contribution in [3.05, 3.63) is 47.6 Å². The number of anilines is 1. The van der Waals surface area contributed by atoms with E-state index in [0.29, 0.717) is 35.5 Å². The lowest BCUT2D eigenvalue weighted by Gasteiger charge is -2.09. The molecule has 2 N–H and O–H groups in total. The number of ether oxygens (including phenoxy) is 2. The maximum absolute atomic E-state index is 11.7. The largest absolute Gasteiger partial charge is 0.492 e. The Kier molecular flexibility index (Phi) is 5.85. The lowest BCUT2D eigenvalue weighted by Crippen LogP contribution is -2.32. The van der Waals surface area contributed by atoms with Crippen LogP contribution in [0, 0.1) is 0 Å². The van der Waals surface area contributed by atoms with E-state index in [9.17, 15) is 4.79 Å². The van der Waals surface area contributed by atoms with E-state index in [0.717, 1.165) is 0 Å². The van der Waals surface area contributed by atoms with Crippen LogP contribution < -0.4 is 20.1 Å². The van der Waals surface area contributed by atoms with Gasteiger partial charge in [-0.15, -0.1) is 0 Å². The van der Waals surface area contributed by atoms with Crippen LogP contribution >= 0.6 is 11.6 Å². The van der Waals surface area contributed by atoms with Crippen molar-refractivity contribution in [1.82, 2.24) is 10.3 Å². The predicted octanol–water partition coefficient (Wildman–Crippen LogP) is 2.94. The third kappa shape index (κ3) is 5.14. The predicted molar refractivity (Wildman–Crippen MR) is 84.8 cm³/mol. The highest BCUT2D eigenvalue weighted by Gasteiger charge is 2.02. The van der Waals surface area contributed by atoms with Crippen molar-refractivity contribution < 1.29 is 14.3 Å². The summed E-state index contributed by atoms with van der Waals surface area (Å²) in [4.78, 5) is 15.7. The number of pyridine rings is 1. The summed E-state index contributed by atoms with van der Waals surface area (Å²) in [7, 11) is 1.53. The molecule has 116 valence electrons. The Bertz CT molecular complexity index is 602. The average Bonchev–Trinajstić information content (AvgIpc) is 2.54. The van der Waals surface area contributed by atoms with Crippen LogP contribution in [0.2, 0.25) is 5.02 Å². The average molecular weight is 322 g/mol. The summed E-state index contributed by atoms with van der Waals surface area (Å²) in [5.41, 5.74) is 0.580. The van der Waals surface area contributed by atoms with E-state index in [4.69, 9.17) is 21.1 Å². The molecule has 1 aromatic carbocycles. The molecule has 0 spiro atoms. The van der Waals surface area contributed by atoms with Crippen molar-refractivity contribution in [2.45, 2.75) is 0 Å². The molecule has 0 saturated carbocycles. The smallest absolute Gasteiger partial charge is 0.319 e. The second kappa shape index (κ2) is 8.09. The van der Waals surface area contributed by atoms with Crippen LogP contribution in [0.1, 0.15) is 0 Å². The van der Waals surface area contributed by atoms with E-state index in [-0.39, 0.29) is 6.03 Å². The molecule has 2 amide bonds. The molecule has 6 nitrogen and oxygen atoms in total. The lowest BCUT2D eigenvalue weighted by atomic mass is 10.3. The van der Waals surface area contributed by atoms with E-state index in [1.54, 1.807) is 36.4 Å². The van der Waals surface area contributed by atoms with Crippen molar-refractivity contribution in [2.24, 2.45) is 0 Å². The summed E-state index contributed by atoms with van der Waals surface area (Å²) in [6.07, 6.45) is 1.52. The summed E-state index contributed by atoms with van der Waals surface area (Å²) in [5.74, 6) is 1.19. The number of benzene rings is 1. The van der Waals surface area contributed by atoms with Gasteiger partial charge >= 0.3 is 6.03 Å². The van der Waals surface area contributed by atoms with Gasteiger partial charge in [-0.3, -0.25) is 0 Å². The first-order valence-corrected chi connectivity index (χ1v) is 6.98. The van der Waals surface area contributed by atoms with E-state index < -0.39 is 0 Å². The van der Waals surface area contributed by atoms with E-state index in [1.165, 1.54) is 13.3 Å². The van der Waals surface area contributed by atoms with Gasteiger partial charge < -0.3 is 20.1 Å². The standard InChI is InChI=1S/C15H16ClN3O3/c1-21-14-7-4-12(10-18-14)19-15(20)17-8-9-22-13-5-2-11(16)3-6-13/h2-7,10H,8-9H2,1H3,(H2,17,19,20). The highest BCUT2D eigenvalue weighted by atomic mass is 35.5. The second-order valence-electron chi connectivity index (χ2n) is 4.27. The van der Waals surface area contributed by atoms with Crippen molar-refractivity contribution in [1.29, 1.82) is 0 Å². The van der Waals surface area contributed by atoms with Crippen molar-refractivity contribution >= 4 is 23.3 Å². The minimum atomic E-state index is -0.327. The first-order valence-electron chi connectivity index (χ1n) is 6.60. The molecule has 0 unspecified atom stereocenters. The third-order valence-electron chi connectivity index (χ3n) is 2.67. The summed E-state index contributed by atoms with van der Waals surface area (Å²) >= 11 is 5.78. The van der Waals surface area contributed by atoms with Gasteiger partial charge in [-0.2, -0.15) is 0 Å². The van der Waals surface area contributed by atoms with E-state index in [1.807, 2.05) is 0 Å². The van der Waals surface area contributed by atoms with Crippen LogP contribution in [-0.2, 0) is 0 Å². The van der Waals surface area contributed by atoms with Gasteiger partial charge in [0.25, 0.3) is 0 Å². The molecular weight excluding hydrogens is 306 g/mol. The minimum absolute atomic E-state index is 0.327. The lowest BCUT2D eigenvalue weighted by molar-refractivity contribution is 0.247. The molecule has 0 bridgehead atoms. The Morgan fingerprint density at radius 3 is 2.64 bits per heavy atom. The topological polar surface area (TPSA) is 72.5 Å². The Hall–Kier alpha value is -2.47. The number of carbonyl (C=O) groups is 1. The molecule has 7 heteroatoms. The Morgan fingerprint density at radius 2 is 2.00 bits per heavy atom. The summed E-state index contributed by atoms with van der Waals surface area (Å²) < 4.78 is 10.4. The number of halogens is 1. The number of rotatable bonds is 6. The molecule has 0 radical (unpaired) electrons. The maximum Gasteiger partial charge on any atom is 0.319 e. The third-order valence-corrected chi connectivity index (χ3v) is 2.93. The molecule has 0 aliphatic rings. The van der Waals surface area contributed by atoms with Crippen molar-refractivity contribution in [2.75, 3.05) is 25.6 Å². The SMILES string of the molecule is COc1ccc(NC(=O)NCCOc2ccc(Cl)cc2)cn1. The highest BCUT2D eigenvalue weighted by molar-refractivity contribution is 6.30. The zero-order valence-electron chi connectivity index (χ0n) is 12.0. The van der Waals surface area contributed by atoms with Gasteiger partial charge in [0.15, 0.2) is 0 Å². The zero-order valence-corrected chi connectivity index (χ0v) is 12.8. The Morgan fingerprint density at radius 1 is 1.23 bits per heavy atom. The van der Waals surface area contributed by atoms with Crippen LogP contribution in [0.4, 0.5) is 10.5 Å². The molecule has 0 saturated heterocycles. The molecule has 0 fully saturated rings. The number of aromatic nitrogens is 1. The monoisotopic (exact) mass is 321 g/mol. The van der Waals surface area contributed by atoms with Gasteiger partial charge in [0, 0.05) is 11.1 Å². The summed E-state index contributed by atoms with van der Waals surface area (Å²) in [6.45, 7) is 0.730. The number of methoxy groups -OCH3 is 1. The van der Waals surface area contributed by atoms with Crippen LogP contribution in [-0.4, -0.2) is 31.3 Å². The van der Waals surface area contributed by atoms with Gasteiger partial charge in [-0.05, 0) is 30.3 Å². The number of carbonyl (C=O) groups excluding carboxylic acids is 1. The zero-order chi connectivity index (χ0) is 15.8. The van der Waals surface area contributed by atoms with Crippen LogP contribution in [0.15, 0.2) is 42.6 Å². The molecule has 2 aromatic rings. The van der Waals surface area contributed by atoms with Crippen LogP contribution in [0.5, 0.6) is 11.6 Å². The van der Waals surface area contributed by atoms with Crippen molar-refractivity contribution in [3.8, 4) is 11.6 Å². The van der Waals surface area contributed by atoms with Gasteiger partial charge in [0.05, 0.1) is 25.5 Å². The fourth-order valence-electron chi connectivity index (χ4n) is 1.61. The van der Waals surface area contributed by atoms with Gasteiger partial charge in [-0.25, -0.2) is 9.78 Å². The summed E-state index contributed by atoms with van der Waals surface area (Å²) in [5, 5.41) is 5.99. The van der Waals surface area contributed by atoms with E-state index in [2.05, 4.69) is 15.6 Å². The number of hydrogen-bond donors (Lipinski definition) is 2. The molecular formula is C15H16ClN3O3. The maximum atomic E-state index is 11.7.